The SMILES string of the molecule is CC1(C)O[C@@H]2[C@@H](CO)C[C@@H](n3nnc4c(Nc5ccccc5Cl)nc(Cl)nc43)[C@@H]2O1. The molecule has 1 aromatic carbocycles. The van der Waals surface area contributed by atoms with E-state index in [0.717, 1.165) is 0 Å². The van der Waals surface area contributed by atoms with Crippen LogP contribution in [0.5, 0.6) is 0 Å². The lowest BCUT2D eigenvalue weighted by Crippen LogP contribution is -2.28. The van der Waals surface area contributed by atoms with Crippen molar-refractivity contribution in [1.82, 2.24) is 25.0 Å². The van der Waals surface area contributed by atoms with Crippen LogP contribution in [0.4, 0.5) is 11.5 Å². The van der Waals surface area contributed by atoms with Crippen LogP contribution in [0.3, 0.4) is 0 Å². The summed E-state index contributed by atoms with van der Waals surface area (Å²) in [5, 5.41) is 22.2. The van der Waals surface area contributed by atoms with Gasteiger partial charge in [-0.05, 0) is 44.0 Å². The molecular formula is C19H20Cl2N6O3. The first kappa shape index (κ1) is 19.9. The van der Waals surface area contributed by atoms with Gasteiger partial charge >= 0.3 is 0 Å². The van der Waals surface area contributed by atoms with E-state index >= 15 is 0 Å². The van der Waals surface area contributed by atoms with E-state index in [4.69, 9.17) is 32.7 Å². The van der Waals surface area contributed by atoms with E-state index in [1.54, 1.807) is 10.7 Å². The zero-order chi connectivity index (χ0) is 21.0. The number of rotatable bonds is 4. The topological polar surface area (TPSA) is 107 Å². The van der Waals surface area contributed by atoms with Crippen LogP contribution in [0.15, 0.2) is 24.3 Å². The number of nitrogens with zero attached hydrogens (tertiary/aromatic N) is 5. The van der Waals surface area contributed by atoms with Gasteiger partial charge in [0.05, 0.1) is 22.9 Å². The normalized spacial score (nSPS) is 27.5. The number of nitrogens with one attached hydrogen (secondary N) is 1. The van der Waals surface area contributed by atoms with Crippen LogP contribution in [-0.4, -0.2) is 54.7 Å². The summed E-state index contributed by atoms with van der Waals surface area (Å²) >= 11 is 12.5. The van der Waals surface area contributed by atoms with Gasteiger partial charge in [-0.3, -0.25) is 0 Å². The lowest BCUT2D eigenvalue weighted by atomic mass is 10.1. The molecule has 2 aliphatic rings. The summed E-state index contributed by atoms with van der Waals surface area (Å²) < 4.78 is 13.9. The molecule has 3 heterocycles. The highest BCUT2D eigenvalue weighted by Gasteiger charge is 2.55. The Balaban J connectivity index is 1.55. The average Bonchev–Trinajstić information content (AvgIpc) is 3.34. The second-order valence-corrected chi connectivity index (χ2v) is 8.71. The Morgan fingerprint density at radius 2 is 1.97 bits per heavy atom. The summed E-state index contributed by atoms with van der Waals surface area (Å²) in [6.45, 7) is 3.72. The molecule has 3 aromatic rings. The Labute approximate surface area is 182 Å². The highest BCUT2D eigenvalue weighted by molar-refractivity contribution is 6.33. The molecular weight excluding hydrogens is 431 g/mol. The fourth-order valence-electron chi connectivity index (χ4n) is 4.28. The largest absolute Gasteiger partial charge is 0.396 e. The number of benzene rings is 1. The number of ether oxygens (including phenoxy) is 2. The number of hydrogen-bond acceptors (Lipinski definition) is 8. The molecule has 2 fully saturated rings. The molecule has 1 aliphatic carbocycles. The first-order chi connectivity index (χ1) is 14.4. The number of fused-ring (bicyclic) bond motifs is 2. The molecule has 0 unspecified atom stereocenters. The van der Waals surface area contributed by atoms with Crippen molar-refractivity contribution in [2.24, 2.45) is 5.92 Å². The van der Waals surface area contributed by atoms with Crippen LogP contribution in [0.1, 0.15) is 26.3 Å². The summed E-state index contributed by atoms with van der Waals surface area (Å²) in [6, 6.07) is 7.09. The van der Waals surface area contributed by atoms with Crippen molar-refractivity contribution in [2.45, 2.75) is 44.3 Å². The standard InChI is InChI=1S/C19H20Cl2N6O3/c1-19(2)29-14-9(8-28)7-12(15(14)30-19)27-17-13(25-26-27)16(23-18(21)24-17)22-11-6-4-3-5-10(11)20/h3-6,9,12,14-15,28H,7-8H2,1-2H3,(H,22,23,24)/t9-,12-,14-,15+/m1/s1. The monoisotopic (exact) mass is 450 g/mol. The summed E-state index contributed by atoms with van der Waals surface area (Å²) in [7, 11) is 0. The number of anilines is 2. The van der Waals surface area contributed by atoms with E-state index in [-0.39, 0.29) is 36.1 Å². The van der Waals surface area contributed by atoms with E-state index in [9.17, 15) is 5.11 Å². The van der Waals surface area contributed by atoms with E-state index in [1.165, 1.54) is 0 Å². The smallest absolute Gasteiger partial charge is 0.226 e. The molecule has 0 radical (unpaired) electrons. The van der Waals surface area contributed by atoms with Gasteiger partial charge in [-0.15, -0.1) is 5.10 Å². The van der Waals surface area contributed by atoms with Gasteiger partial charge in [-0.1, -0.05) is 28.9 Å². The molecule has 9 nitrogen and oxygen atoms in total. The Kier molecular flexibility index (Phi) is 4.83. The molecule has 11 heteroatoms. The van der Waals surface area contributed by atoms with E-state index in [1.807, 2.05) is 32.0 Å². The molecule has 1 aliphatic heterocycles. The number of para-hydroxylation sites is 1. The first-order valence-corrected chi connectivity index (χ1v) is 10.4. The molecule has 0 amide bonds. The van der Waals surface area contributed by atoms with Crippen molar-refractivity contribution < 1.29 is 14.6 Å². The van der Waals surface area contributed by atoms with Crippen LogP contribution >= 0.6 is 23.2 Å². The third kappa shape index (κ3) is 3.30. The van der Waals surface area contributed by atoms with E-state index in [0.29, 0.717) is 34.1 Å². The maximum absolute atomic E-state index is 9.84. The van der Waals surface area contributed by atoms with Crippen LogP contribution in [-0.2, 0) is 9.47 Å². The van der Waals surface area contributed by atoms with Crippen LogP contribution in [0.2, 0.25) is 10.3 Å². The Morgan fingerprint density at radius 3 is 2.73 bits per heavy atom. The fraction of sp³-hybridized carbons (Fsp3) is 0.474. The molecule has 1 saturated heterocycles. The maximum Gasteiger partial charge on any atom is 0.226 e. The molecule has 158 valence electrons. The second-order valence-electron chi connectivity index (χ2n) is 7.96. The summed E-state index contributed by atoms with van der Waals surface area (Å²) in [6.07, 6.45) is 0.109. The zero-order valence-corrected chi connectivity index (χ0v) is 17.8. The van der Waals surface area contributed by atoms with Crippen LogP contribution in [0.25, 0.3) is 11.2 Å². The Morgan fingerprint density at radius 1 is 1.20 bits per heavy atom. The van der Waals surface area contributed by atoms with Crippen LogP contribution in [0, 0.1) is 5.92 Å². The van der Waals surface area contributed by atoms with Crippen LogP contribution < -0.4 is 5.32 Å². The number of aromatic nitrogens is 5. The van der Waals surface area contributed by atoms with Crippen molar-refractivity contribution in [3.8, 4) is 0 Å². The first-order valence-electron chi connectivity index (χ1n) is 9.63. The Hall–Kier alpha value is -2.04. The quantitative estimate of drug-likeness (QED) is 0.582. The van der Waals surface area contributed by atoms with Crippen molar-refractivity contribution >= 4 is 45.9 Å². The van der Waals surface area contributed by atoms with Gasteiger partial charge in [0, 0.05) is 12.5 Å². The summed E-state index contributed by atoms with van der Waals surface area (Å²) in [5.74, 6) is -0.401. The molecule has 2 N–H and O–H groups in total. The maximum atomic E-state index is 9.84. The lowest BCUT2D eigenvalue weighted by Gasteiger charge is -2.23. The molecule has 2 aromatic heterocycles. The molecule has 0 spiro atoms. The molecule has 0 bridgehead atoms. The third-order valence-electron chi connectivity index (χ3n) is 5.52. The second kappa shape index (κ2) is 7.28. The highest BCUT2D eigenvalue weighted by Crippen LogP contribution is 2.47. The minimum absolute atomic E-state index is 0.00120. The lowest BCUT2D eigenvalue weighted by molar-refractivity contribution is -0.162. The predicted molar refractivity (Wildman–Crippen MR) is 111 cm³/mol. The molecule has 1 saturated carbocycles. The van der Waals surface area contributed by atoms with Gasteiger partial charge in [-0.25, -0.2) is 4.68 Å². The highest BCUT2D eigenvalue weighted by atomic mass is 35.5. The van der Waals surface area contributed by atoms with Gasteiger partial charge < -0.3 is 19.9 Å². The molecule has 4 atom stereocenters. The minimum Gasteiger partial charge on any atom is -0.396 e. The number of halogens is 2. The van der Waals surface area contributed by atoms with Gasteiger partial charge in [0.15, 0.2) is 22.8 Å². The van der Waals surface area contributed by atoms with Gasteiger partial charge in [0.2, 0.25) is 5.28 Å². The average molecular weight is 451 g/mol. The number of aliphatic hydroxyl groups excluding tert-OH is 1. The Bertz CT molecular complexity index is 1110. The van der Waals surface area contributed by atoms with Crippen molar-refractivity contribution in [3.05, 3.63) is 34.6 Å². The number of hydrogen-bond donors (Lipinski definition) is 2. The van der Waals surface area contributed by atoms with E-state index < -0.39 is 5.79 Å². The summed E-state index contributed by atoms with van der Waals surface area (Å²) in [5.41, 5.74) is 1.60. The molecule has 30 heavy (non-hydrogen) atoms. The zero-order valence-electron chi connectivity index (χ0n) is 16.3. The van der Waals surface area contributed by atoms with Gasteiger partial charge in [0.25, 0.3) is 0 Å². The fourth-order valence-corrected chi connectivity index (χ4v) is 4.63. The van der Waals surface area contributed by atoms with Gasteiger partial charge in [-0.2, -0.15) is 9.97 Å². The summed E-state index contributed by atoms with van der Waals surface area (Å²) in [4.78, 5) is 8.64. The van der Waals surface area contributed by atoms with Gasteiger partial charge in [0.1, 0.15) is 6.10 Å². The van der Waals surface area contributed by atoms with Crippen molar-refractivity contribution in [1.29, 1.82) is 0 Å². The van der Waals surface area contributed by atoms with Crippen molar-refractivity contribution in [3.63, 3.8) is 0 Å². The minimum atomic E-state index is -0.735. The van der Waals surface area contributed by atoms with Crippen molar-refractivity contribution in [2.75, 3.05) is 11.9 Å². The third-order valence-corrected chi connectivity index (χ3v) is 6.02. The molecule has 5 rings (SSSR count). The van der Waals surface area contributed by atoms with E-state index in [2.05, 4.69) is 25.6 Å². The number of aliphatic hydroxyl groups is 1. The predicted octanol–water partition coefficient (Wildman–Crippen LogP) is 3.35.